The number of halogens is 1. The van der Waals surface area contributed by atoms with E-state index in [4.69, 9.17) is 18.3 Å². The summed E-state index contributed by atoms with van der Waals surface area (Å²) in [6, 6.07) is 131. The van der Waals surface area contributed by atoms with E-state index in [0.29, 0.717) is 31.1 Å². The second-order valence-electron chi connectivity index (χ2n) is 33.4. The number of rotatable bonds is 40. The summed E-state index contributed by atoms with van der Waals surface area (Å²) in [5, 5.41) is 13.9. The molecular formula is C112H127ClLiN2O5PS2Si2. The summed E-state index contributed by atoms with van der Waals surface area (Å²) in [5.41, 5.74) is 6.25. The molecule has 126 heavy (non-hydrogen) atoms. The second-order valence-corrected chi connectivity index (χ2v) is 47.5. The van der Waals surface area contributed by atoms with Crippen LogP contribution in [0.25, 0.3) is 12.2 Å². The number of nitrogens with zero attached hydrogens (tertiary/aromatic N) is 2. The maximum absolute atomic E-state index is 11.8. The van der Waals surface area contributed by atoms with Crippen LogP contribution in [-0.4, -0.2) is 62.3 Å². The van der Waals surface area contributed by atoms with E-state index in [0.717, 1.165) is 99.9 Å². The number of ether oxygens (including phenoxy) is 2. The molecule has 0 fully saturated rings. The normalized spacial score (nSPS) is 11.4. The van der Waals surface area contributed by atoms with Crippen molar-refractivity contribution < 1.29 is 54.4 Å². The van der Waals surface area contributed by atoms with Crippen LogP contribution in [0, 0.1) is 6.07 Å². The van der Waals surface area contributed by atoms with Gasteiger partial charge in [-0.3, -0.25) is 4.79 Å². The third kappa shape index (κ3) is 28.7. The summed E-state index contributed by atoms with van der Waals surface area (Å²) < 4.78 is 27.0. The first-order valence-corrected chi connectivity index (χ1v) is 52.0. The zero-order chi connectivity index (χ0) is 86.8. The third-order valence-electron chi connectivity index (χ3n) is 22.6. The first-order valence-electron chi connectivity index (χ1n) is 44.5. The van der Waals surface area contributed by atoms with Gasteiger partial charge in [-0.05, 0) is 176 Å². The Balaban J connectivity index is 0.000000213. The molecule has 14 heteroatoms. The summed E-state index contributed by atoms with van der Waals surface area (Å²) in [6.45, 7) is 24.9. The van der Waals surface area contributed by atoms with Crippen LogP contribution >= 0.6 is 29.9 Å². The minimum atomic E-state index is -2.53. The summed E-state index contributed by atoms with van der Waals surface area (Å²) in [6.07, 6.45) is 17.5. The molecule has 0 N–H and O–H groups in total. The Kier molecular flexibility index (Phi) is 42.3. The van der Waals surface area contributed by atoms with Gasteiger partial charge >= 0.3 is 18.9 Å². The first kappa shape index (κ1) is 100. The summed E-state index contributed by atoms with van der Waals surface area (Å²) in [4.78, 5) is 19.5. The average molecular weight is 1770 g/mol. The molecule has 0 amide bonds. The van der Waals surface area contributed by atoms with E-state index in [1.165, 1.54) is 89.8 Å². The Bertz CT molecular complexity index is 5080. The molecule has 12 aromatic carbocycles. The second kappa shape index (κ2) is 53.2. The van der Waals surface area contributed by atoms with Crippen LogP contribution in [0.3, 0.4) is 0 Å². The number of anilines is 2. The Labute approximate surface area is 783 Å². The van der Waals surface area contributed by atoms with E-state index in [-0.39, 0.29) is 41.3 Å². The number of carbonyl (C=O) groups is 1. The fourth-order valence-electron chi connectivity index (χ4n) is 16.3. The number of unbranched alkanes of at least 4 members (excludes halogenated alkanes) is 6. The van der Waals surface area contributed by atoms with E-state index in [1.54, 1.807) is 11.3 Å². The van der Waals surface area contributed by atoms with Crippen molar-refractivity contribution in [3.63, 3.8) is 0 Å². The number of benzene rings is 12. The van der Waals surface area contributed by atoms with Crippen LogP contribution in [0.1, 0.15) is 156 Å². The van der Waals surface area contributed by atoms with E-state index < -0.39 is 23.9 Å². The van der Waals surface area contributed by atoms with Crippen LogP contribution in [0.2, 0.25) is 10.1 Å². The predicted molar refractivity (Wildman–Crippen MR) is 541 cm³/mol. The molecule has 0 saturated carbocycles. The molecule has 14 rings (SSSR count). The van der Waals surface area contributed by atoms with Crippen molar-refractivity contribution >= 4 is 113 Å². The molecule has 0 bridgehead atoms. The van der Waals surface area contributed by atoms with E-state index >= 15 is 0 Å². The van der Waals surface area contributed by atoms with E-state index in [2.05, 4.69) is 379 Å². The Morgan fingerprint density at radius 3 is 1.04 bits per heavy atom. The maximum Gasteiger partial charge on any atom is 1.00 e. The van der Waals surface area contributed by atoms with Gasteiger partial charge in [-0.2, -0.15) is 36.4 Å². The summed E-state index contributed by atoms with van der Waals surface area (Å²) in [5.74, 6) is 1.56. The zero-order valence-electron chi connectivity index (χ0n) is 75.5. The van der Waals surface area contributed by atoms with E-state index in [9.17, 15) is 4.79 Å². The van der Waals surface area contributed by atoms with Crippen molar-refractivity contribution in [2.24, 2.45) is 0 Å². The van der Waals surface area contributed by atoms with Crippen LogP contribution < -0.4 is 87.2 Å². The van der Waals surface area contributed by atoms with Crippen LogP contribution in [0.4, 0.5) is 11.4 Å². The van der Waals surface area contributed by atoms with E-state index in [1.807, 2.05) is 90.2 Å². The van der Waals surface area contributed by atoms with Gasteiger partial charge in [0.05, 0.1) is 5.56 Å². The standard InChI is InChI=1S/C44H53NO2SSi.C39H49NO3Si.C23H20PS.C6H5.ClH.Li/c1-5-6-16-31-45(32-17-18-33-47-49(44(2,3)4,41-23-12-8-13-24-41)42-25-14-9-15-26-42)39-29-27-38(28-30-40-22-19-34-48-40)43(35-39)46-36-37-20-10-7-11-21-37;1-5-6-16-27-40(35-26-25-34(31-41)38(30-35)42-32-33-19-10-7-11-20-33)28-17-18-29-43-44(39(2,3)4,36-21-12-8-13-22-36)37-23-14-9-15-24-37;1-4-11-20(12-5-1)24(19-23-17-10-18-25-23,21-13-6-2-7-14-21)22-15-8-3-9-16-22;1-2-4-6-5-3-1;;/h7-15,19-30,34-35H,5-6,16-18,31-33,36H2,1-4H3;7-15,19-26,30-31H,5-6,16-18,27-29,32H2,1-4H3;1-18H,19H2;1-5H;1H;/q;;+1;-1;;+1/p-1/b30-28+;;;;;. The molecule has 0 aliphatic rings. The van der Waals surface area contributed by atoms with Crippen molar-refractivity contribution in [3.8, 4) is 11.5 Å². The minimum absolute atomic E-state index is 0. The zero-order valence-corrected chi connectivity index (χ0v) is 80.8. The SMILES string of the molecule is CCCCCN(CCCCO[Si](c1ccccc1)(c1ccccc1)C(C)(C)C)c1ccc(/C=C/c2cccs2)c(OCc2ccccc2)c1.CCCCCN(CCCCO[Si](c1ccccc1)(c1ccccc1)C(C)(C)C)c1ccc(C=O)c(OCc2ccccc2)c1.[Cl-].[Li+].[c-]1ccccc1.c1ccc([P+](Cc2cccs2)(c2ccccc2)c2ccccc2)cc1. The quantitative estimate of drug-likeness (QED) is 0.0125. The van der Waals surface area contributed by atoms with Gasteiger partial charge in [0.1, 0.15) is 54.1 Å². The summed E-state index contributed by atoms with van der Waals surface area (Å²) >= 11 is 3.61. The van der Waals surface area contributed by atoms with Gasteiger partial charge in [-0.1, -0.05) is 330 Å². The smallest absolute Gasteiger partial charge is 1.00 e. The van der Waals surface area contributed by atoms with Crippen molar-refractivity contribution in [1.82, 2.24) is 0 Å². The Morgan fingerprint density at radius 2 is 0.714 bits per heavy atom. The molecule has 0 unspecified atom stereocenters. The first-order chi connectivity index (χ1) is 60.7. The molecule has 648 valence electrons. The topological polar surface area (TPSA) is 60.5 Å². The monoisotopic (exact) mass is 1770 g/mol. The fraction of sp³-hybridized carbons (Fsp3) is 0.259. The molecule has 0 radical (unpaired) electrons. The molecule has 0 aliphatic heterocycles. The molecule has 0 aliphatic carbocycles. The third-order valence-corrected chi connectivity index (χ3v) is 39.0. The maximum atomic E-state index is 11.8. The molecular weight excluding hydrogens is 1650 g/mol. The molecule has 0 saturated heterocycles. The average Bonchev–Trinajstić information content (AvgIpc) is 0.767. The molecule has 0 spiro atoms. The number of carbonyl (C=O) groups excluding carboxylic acids is 1. The summed E-state index contributed by atoms with van der Waals surface area (Å²) in [7, 11) is -6.80. The number of hydrogen-bond acceptors (Lipinski definition) is 9. The molecule has 2 heterocycles. The number of hydrogen-bond donors (Lipinski definition) is 0. The van der Waals surface area contributed by atoms with Gasteiger partial charge in [-0.25, -0.2) is 0 Å². The molecule has 7 nitrogen and oxygen atoms in total. The molecule has 0 atom stereocenters. The van der Waals surface area contributed by atoms with Gasteiger partial charge in [0, 0.05) is 78.2 Å². The molecule has 14 aromatic rings. The number of thiophene rings is 2. The van der Waals surface area contributed by atoms with Crippen molar-refractivity contribution in [1.29, 1.82) is 0 Å². The molecule has 2 aromatic heterocycles. The van der Waals surface area contributed by atoms with Crippen LogP contribution in [0.5, 0.6) is 11.5 Å². The Morgan fingerprint density at radius 1 is 0.373 bits per heavy atom. The van der Waals surface area contributed by atoms with Crippen molar-refractivity contribution in [3.05, 3.63) is 413 Å². The predicted octanol–water partition coefficient (Wildman–Crippen LogP) is 20.0. The van der Waals surface area contributed by atoms with Gasteiger partial charge in [-0.15, -0.1) is 22.7 Å². The van der Waals surface area contributed by atoms with Gasteiger partial charge in [0.25, 0.3) is 16.6 Å². The fourth-order valence-corrected chi connectivity index (χ4v) is 31.6. The minimum Gasteiger partial charge on any atom is -1.00 e. The van der Waals surface area contributed by atoms with Crippen LogP contribution in [0.15, 0.2) is 375 Å². The largest absolute Gasteiger partial charge is 1.00 e. The van der Waals surface area contributed by atoms with Gasteiger partial charge < -0.3 is 40.5 Å². The van der Waals surface area contributed by atoms with Gasteiger partial charge in [0.2, 0.25) is 0 Å². The van der Waals surface area contributed by atoms with Crippen LogP contribution in [-0.2, 0) is 28.2 Å². The Hall–Kier alpha value is -9.68. The van der Waals surface area contributed by atoms with Crippen molar-refractivity contribution in [2.45, 2.75) is 149 Å². The van der Waals surface area contributed by atoms with Crippen molar-refractivity contribution in [2.75, 3.05) is 49.2 Å². The van der Waals surface area contributed by atoms with Gasteiger partial charge in [0.15, 0.2) is 6.29 Å². The number of aldehydes is 1.